The van der Waals surface area contributed by atoms with Crippen LogP contribution in [0.15, 0.2) is 53.7 Å². The Morgan fingerprint density at radius 2 is 1.92 bits per heavy atom. The van der Waals surface area contributed by atoms with Gasteiger partial charge in [-0.3, -0.25) is 9.69 Å². The number of rotatable bonds is 6. The minimum Gasteiger partial charge on any atom is -0.463 e. The van der Waals surface area contributed by atoms with Crippen molar-refractivity contribution in [3.63, 3.8) is 0 Å². The molecule has 1 heterocycles. The molecule has 0 spiro atoms. The lowest BCUT2D eigenvalue weighted by Gasteiger charge is -2.41. The molecule has 39 heavy (non-hydrogen) atoms. The number of hydrogen-bond acceptors (Lipinski definition) is 6. The third kappa shape index (κ3) is 5.31. The molecule has 4 rings (SSSR count). The summed E-state index contributed by atoms with van der Waals surface area (Å²) in [5.74, 6) is -1.35. The Morgan fingerprint density at radius 1 is 1.23 bits per heavy atom. The number of ether oxygens (including phenoxy) is 1. The molecule has 1 unspecified atom stereocenters. The van der Waals surface area contributed by atoms with Gasteiger partial charge in [0.1, 0.15) is 0 Å². The fraction of sp³-hybridized carbons (Fsp3) is 0.333. The lowest BCUT2D eigenvalue weighted by atomic mass is 9.89. The smallest absolute Gasteiger partial charge is 0.416 e. The van der Waals surface area contributed by atoms with Crippen LogP contribution in [-0.2, 0) is 15.7 Å². The number of nitrogens with two attached hydrogens (primary N) is 1. The summed E-state index contributed by atoms with van der Waals surface area (Å²) in [5, 5.41) is 12.2. The summed E-state index contributed by atoms with van der Waals surface area (Å²) in [4.78, 5) is 42.3. The van der Waals surface area contributed by atoms with E-state index in [1.54, 1.807) is 6.92 Å². The van der Waals surface area contributed by atoms with E-state index < -0.39 is 35.7 Å². The molecule has 1 aliphatic carbocycles. The molecular formula is C27H26F3N5O4. The molecule has 12 heteroatoms. The van der Waals surface area contributed by atoms with Gasteiger partial charge in [0, 0.05) is 30.4 Å². The van der Waals surface area contributed by atoms with E-state index in [0.717, 1.165) is 21.9 Å². The number of urea groups is 1. The minimum atomic E-state index is -4.65. The molecule has 204 valence electrons. The summed E-state index contributed by atoms with van der Waals surface area (Å²) in [5.41, 5.74) is 5.24. The number of carbonyl (C=O) groups is 3. The van der Waals surface area contributed by atoms with Crippen LogP contribution in [0.3, 0.4) is 0 Å². The number of anilines is 1. The topological polar surface area (TPSA) is 129 Å². The van der Waals surface area contributed by atoms with Gasteiger partial charge in [0.15, 0.2) is 0 Å². The number of nitrogens with one attached hydrogen (secondary N) is 1. The second-order valence-corrected chi connectivity index (χ2v) is 9.29. The van der Waals surface area contributed by atoms with Crippen LogP contribution in [0.25, 0.3) is 0 Å². The van der Waals surface area contributed by atoms with Crippen molar-refractivity contribution in [2.24, 2.45) is 5.73 Å². The van der Waals surface area contributed by atoms with Crippen LogP contribution in [0, 0.1) is 11.3 Å². The van der Waals surface area contributed by atoms with Gasteiger partial charge in [-0.1, -0.05) is 12.1 Å². The molecule has 3 N–H and O–H groups in total. The monoisotopic (exact) mass is 541 g/mol. The van der Waals surface area contributed by atoms with Gasteiger partial charge < -0.3 is 20.7 Å². The molecule has 1 aliphatic heterocycles. The van der Waals surface area contributed by atoms with E-state index in [1.165, 1.54) is 44.3 Å². The number of nitriles is 1. The van der Waals surface area contributed by atoms with Gasteiger partial charge in [0.25, 0.3) is 5.91 Å². The van der Waals surface area contributed by atoms with Gasteiger partial charge >= 0.3 is 18.2 Å². The number of nitrogens with zero attached hydrogens (tertiary/aromatic N) is 3. The SMILES string of the molecule is CCOC(=O)C1=C(C)N(c2cccc(C(F)(F)F)c2)C(=O)N(C)C1c1ccc(C#N)cc1C(=O)N[C@H]1C[C@H]1N. The summed E-state index contributed by atoms with van der Waals surface area (Å²) >= 11 is 0. The average Bonchev–Trinajstić information content (AvgIpc) is 3.59. The van der Waals surface area contributed by atoms with Crippen molar-refractivity contribution in [1.29, 1.82) is 5.26 Å². The van der Waals surface area contributed by atoms with E-state index in [0.29, 0.717) is 6.42 Å². The van der Waals surface area contributed by atoms with Gasteiger partial charge in [-0.25, -0.2) is 9.59 Å². The van der Waals surface area contributed by atoms with Crippen molar-refractivity contribution in [2.75, 3.05) is 18.6 Å². The average molecular weight is 542 g/mol. The first kappa shape index (κ1) is 27.7. The minimum absolute atomic E-state index is 0.0101. The van der Waals surface area contributed by atoms with Crippen molar-refractivity contribution >= 4 is 23.6 Å². The number of carbonyl (C=O) groups excluding carboxylic acids is 3. The standard InChI is InChI=1S/C27H26F3N5O4/c1-4-39-25(37)22-14(2)35(17-7-5-6-16(11-17)27(28,29)30)26(38)34(3)23(22)18-9-8-15(13-31)10-19(18)24(36)33-21-12-20(21)32/h5-11,20-21,23H,4,12,32H2,1-3H3,(H,33,36)/t20-,21+,23?/m1/s1. The number of halogens is 3. The Morgan fingerprint density at radius 3 is 2.51 bits per heavy atom. The molecule has 2 aliphatic rings. The van der Waals surface area contributed by atoms with Gasteiger partial charge in [-0.15, -0.1) is 0 Å². The number of likely N-dealkylation sites (N-methyl/N-ethyl adjacent to an activating group) is 1. The lowest BCUT2D eigenvalue weighted by Crippen LogP contribution is -2.49. The number of amides is 3. The first-order valence-corrected chi connectivity index (χ1v) is 12.1. The molecule has 3 atom stereocenters. The Labute approximate surface area is 222 Å². The summed E-state index contributed by atoms with van der Waals surface area (Å²) in [6, 6.07) is 8.12. The molecule has 0 bridgehead atoms. The first-order chi connectivity index (χ1) is 18.4. The van der Waals surface area contributed by atoms with E-state index in [4.69, 9.17) is 10.5 Å². The van der Waals surface area contributed by atoms with Gasteiger partial charge in [0.05, 0.1) is 41.1 Å². The van der Waals surface area contributed by atoms with E-state index in [1.807, 2.05) is 6.07 Å². The largest absolute Gasteiger partial charge is 0.463 e. The van der Waals surface area contributed by atoms with Crippen LogP contribution in [0.5, 0.6) is 0 Å². The Hall–Kier alpha value is -4.37. The zero-order valence-corrected chi connectivity index (χ0v) is 21.4. The predicted octanol–water partition coefficient (Wildman–Crippen LogP) is 3.86. The quantitative estimate of drug-likeness (QED) is 0.535. The second-order valence-electron chi connectivity index (χ2n) is 9.29. The Bertz CT molecular complexity index is 1410. The fourth-order valence-corrected chi connectivity index (χ4v) is 4.57. The van der Waals surface area contributed by atoms with Crippen LogP contribution in [0.4, 0.5) is 23.7 Å². The summed E-state index contributed by atoms with van der Waals surface area (Å²) < 4.78 is 45.6. The zero-order chi connectivity index (χ0) is 28.6. The zero-order valence-electron chi connectivity index (χ0n) is 21.4. The maximum absolute atomic E-state index is 13.7. The highest BCUT2D eigenvalue weighted by molar-refractivity contribution is 6.04. The highest BCUT2D eigenvalue weighted by Gasteiger charge is 2.44. The molecule has 1 saturated carbocycles. The normalized spacial score (nSPS) is 21.0. The van der Waals surface area contributed by atoms with E-state index in [9.17, 15) is 32.8 Å². The molecule has 0 aromatic heterocycles. The van der Waals surface area contributed by atoms with Crippen molar-refractivity contribution < 1.29 is 32.3 Å². The highest BCUT2D eigenvalue weighted by Crippen LogP contribution is 2.41. The number of hydrogen-bond donors (Lipinski definition) is 2. The van der Waals surface area contributed by atoms with Crippen LogP contribution >= 0.6 is 0 Å². The third-order valence-corrected chi connectivity index (χ3v) is 6.68. The molecule has 3 amide bonds. The van der Waals surface area contributed by atoms with Gasteiger partial charge in [0.2, 0.25) is 0 Å². The Balaban J connectivity index is 1.90. The van der Waals surface area contributed by atoms with Crippen molar-refractivity contribution in [2.45, 2.75) is 44.6 Å². The van der Waals surface area contributed by atoms with Crippen LogP contribution in [-0.4, -0.2) is 48.5 Å². The van der Waals surface area contributed by atoms with E-state index >= 15 is 0 Å². The molecule has 1 fully saturated rings. The summed E-state index contributed by atoms with van der Waals surface area (Å²) in [6.07, 6.45) is -4.07. The molecule has 2 aromatic carbocycles. The molecule has 0 radical (unpaired) electrons. The Kier molecular flexibility index (Phi) is 7.39. The summed E-state index contributed by atoms with van der Waals surface area (Å²) in [7, 11) is 1.37. The molecule has 2 aromatic rings. The molecular weight excluding hydrogens is 515 g/mol. The van der Waals surface area contributed by atoms with E-state index in [2.05, 4.69) is 5.32 Å². The third-order valence-electron chi connectivity index (χ3n) is 6.68. The van der Waals surface area contributed by atoms with E-state index in [-0.39, 0.29) is 52.3 Å². The number of alkyl halides is 3. The number of benzene rings is 2. The van der Waals surface area contributed by atoms with Crippen molar-refractivity contribution in [3.05, 3.63) is 76.0 Å². The van der Waals surface area contributed by atoms with Crippen LogP contribution in [0.1, 0.15) is 53.4 Å². The van der Waals surface area contributed by atoms with Crippen LogP contribution < -0.4 is 16.0 Å². The highest BCUT2D eigenvalue weighted by atomic mass is 19.4. The lowest BCUT2D eigenvalue weighted by molar-refractivity contribution is -0.139. The molecule has 0 saturated heterocycles. The van der Waals surface area contributed by atoms with Crippen molar-refractivity contribution in [3.8, 4) is 6.07 Å². The fourth-order valence-electron chi connectivity index (χ4n) is 4.57. The predicted molar refractivity (Wildman–Crippen MR) is 134 cm³/mol. The number of allylic oxidation sites excluding steroid dienone is 1. The maximum atomic E-state index is 13.7. The van der Waals surface area contributed by atoms with Crippen LogP contribution in [0.2, 0.25) is 0 Å². The molecule has 9 nitrogen and oxygen atoms in total. The number of esters is 1. The first-order valence-electron chi connectivity index (χ1n) is 12.1. The van der Waals surface area contributed by atoms with Crippen molar-refractivity contribution in [1.82, 2.24) is 10.2 Å². The second kappa shape index (κ2) is 10.4. The summed E-state index contributed by atoms with van der Waals surface area (Å²) in [6.45, 7) is 3.01. The van der Waals surface area contributed by atoms with Gasteiger partial charge in [-0.05, 0) is 56.2 Å². The van der Waals surface area contributed by atoms with Gasteiger partial charge in [-0.2, -0.15) is 18.4 Å². The maximum Gasteiger partial charge on any atom is 0.416 e.